The molecule has 3 aromatic rings. The first-order valence-corrected chi connectivity index (χ1v) is 12.0. The van der Waals surface area contributed by atoms with E-state index >= 15 is 0 Å². The van der Waals surface area contributed by atoms with Crippen molar-refractivity contribution in [1.82, 2.24) is 0 Å². The molecule has 0 nitrogen and oxygen atoms in total. The second kappa shape index (κ2) is 7.35. The number of benzene rings is 3. The van der Waals surface area contributed by atoms with Gasteiger partial charge in [-0.3, -0.25) is 0 Å². The van der Waals surface area contributed by atoms with Crippen LogP contribution in [0.2, 0.25) is 0 Å². The Morgan fingerprint density at radius 3 is 2.20 bits per heavy atom. The summed E-state index contributed by atoms with van der Waals surface area (Å²) in [6.45, 7) is 7.07. The molecule has 0 N–H and O–H groups in total. The molecule has 0 radical (unpaired) electrons. The van der Waals surface area contributed by atoms with Crippen LogP contribution in [0.5, 0.6) is 0 Å². The van der Waals surface area contributed by atoms with Crippen LogP contribution in [-0.4, -0.2) is 0 Å². The molecule has 0 bridgehead atoms. The lowest BCUT2D eigenvalue weighted by Gasteiger charge is -2.42. The van der Waals surface area contributed by atoms with Crippen molar-refractivity contribution < 1.29 is 0 Å². The minimum atomic E-state index is 0.0436. The fourth-order valence-corrected chi connectivity index (χ4v) is 6.09. The Morgan fingerprint density at radius 1 is 0.733 bits per heavy atom. The lowest BCUT2D eigenvalue weighted by molar-refractivity contribution is 0.434. The summed E-state index contributed by atoms with van der Waals surface area (Å²) in [5.41, 5.74) is 7.07. The molecule has 2 heteroatoms. The van der Waals surface area contributed by atoms with Gasteiger partial charge in [-0.25, -0.2) is 0 Å². The van der Waals surface area contributed by atoms with E-state index in [1.54, 1.807) is 0 Å². The number of allylic oxidation sites excluding steroid dienone is 5. The van der Waals surface area contributed by atoms with Gasteiger partial charge in [-0.15, -0.1) is 0 Å². The van der Waals surface area contributed by atoms with Gasteiger partial charge in [0.1, 0.15) is 0 Å². The summed E-state index contributed by atoms with van der Waals surface area (Å²) in [4.78, 5) is 0. The molecule has 2 aliphatic carbocycles. The molecule has 2 aliphatic rings. The van der Waals surface area contributed by atoms with E-state index in [2.05, 4.69) is 132 Å². The largest absolute Gasteiger partial charge is 0.0753 e. The molecule has 2 atom stereocenters. The Morgan fingerprint density at radius 2 is 1.43 bits per heavy atom. The summed E-state index contributed by atoms with van der Waals surface area (Å²) in [6.07, 6.45) is 7.00. The quantitative estimate of drug-likeness (QED) is 0.301. The Balaban J connectivity index is 1.92. The van der Waals surface area contributed by atoms with Crippen molar-refractivity contribution in [2.45, 2.75) is 26.7 Å². The van der Waals surface area contributed by atoms with E-state index < -0.39 is 0 Å². The molecular formula is C28H24Br2. The molecule has 30 heavy (non-hydrogen) atoms. The Kier molecular flexibility index (Phi) is 4.91. The number of fused-ring (bicyclic) bond motifs is 4. The molecule has 2 unspecified atom stereocenters. The summed E-state index contributed by atoms with van der Waals surface area (Å²) in [5.74, 6) is 0.721. The van der Waals surface area contributed by atoms with Crippen LogP contribution in [0.15, 0.2) is 93.4 Å². The Bertz CT molecular complexity index is 1250. The molecule has 0 saturated heterocycles. The SMILES string of the molecule is CC(C)(C)C1=C(c2ccc(Br)c3ccccc23)c2ccccc2C2C=C(Br)C=CC12. The molecule has 0 aromatic heterocycles. The van der Waals surface area contributed by atoms with Crippen LogP contribution in [-0.2, 0) is 0 Å². The zero-order chi connectivity index (χ0) is 21.0. The van der Waals surface area contributed by atoms with E-state index in [0.29, 0.717) is 11.8 Å². The standard InChI is InChI=1S/C28H24Br2/c1-28(2,3)27-23-13-12-17(29)16-24(23)19-9-5-7-11-21(19)26(27)22-14-15-25(30)20-10-6-4-8-18(20)22/h4-16,23-24H,1-3H3. The maximum Gasteiger partial charge on any atom is 0.0254 e. The summed E-state index contributed by atoms with van der Waals surface area (Å²) in [5, 5.41) is 2.56. The smallest absolute Gasteiger partial charge is 0.0254 e. The van der Waals surface area contributed by atoms with Gasteiger partial charge in [-0.2, -0.15) is 0 Å². The Hall–Kier alpha value is -1.90. The van der Waals surface area contributed by atoms with Crippen molar-refractivity contribution in [3.63, 3.8) is 0 Å². The van der Waals surface area contributed by atoms with Crippen molar-refractivity contribution in [3.8, 4) is 0 Å². The molecular weight excluding hydrogens is 496 g/mol. The first-order chi connectivity index (χ1) is 14.4. The lowest BCUT2D eigenvalue weighted by atomic mass is 9.62. The van der Waals surface area contributed by atoms with Crippen molar-refractivity contribution in [2.24, 2.45) is 11.3 Å². The van der Waals surface area contributed by atoms with Gasteiger partial charge in [0.05, 0.1) is 0 Å². The normalized spacial score (nSPS) is 20.8. The highest BCUT2D eigenvalue weighted by atomic mass is 79.9. The van der Waals surface area contributed by atoms with E-state index in [-0.39, 0.29) is 5.41 Å². The summed E-state index contributed by atoms with van der Waals surface area (Å²) in [7, 11) is 0. The summed E-state index contributed by atoms with van der Waals surface area (Å²) in [6, 6.07) is 22.2. The third kappa shape index (κ3) is 3.16. The molecule has 0 aliphatic heterocycles. The van der Waals surface area contributed by atoms with Gasteiger partial charge in [0.25, 0.3) is 0 Å². The minimum Gasteiger partial charge on any atom is -0.0753 e. The predicted octanol–water partition coefficient (Wildman–Crippen LogP) is 9.01. The minimum absolute atomic E-state index is 0.0436. The summed E-state index contributed by atoms with van der Waals surface area (Å²) < 4.78 is 2.32. The number of halogens is 2. The number of hydrogen-bond acceptors (Lipinski definition) is 0. The van der Waals surface area contributed by atoms with Crippen LogP contribution < -0.4 is 0 Å². The average Bonchev–Trinajstić information content (AvgIpc) is 2.73. The van der Waals surface area contributed by atoms with Crippen LogP contribution in [0.3, 0.4) is 0 Å². The van der Waals surface area contributed by atoms with E-state index in [4.69, 9.17) is 0 Å². The van der Waals surface area contributed by atoms with Gasteiger partial charge in [-0.05, 0) is 50.1 Å². The maximum atomic E-state index is 3.76. The van der Waals surface area contributed by atoms with Crippen LogP contribution in [0, 0.1) is 11.3 Å². The van der Waals surface area contributed by atoms with Crippen LogP contribution in [0.25, 0.3) is 16.3 Å². The highest BCUT2D eigenvalue weighted by Crippen LogP contribution is 2.54. The third-order valence-corrected chi connectivity index (χ3v) is 7.55. The van der Waals surface area contributed by atoms with Crippen LogP contribution in [0.1, 0.15) is 43.4 Å². The zero-order valence-corrected chi connectivity index (χ0v) is 20.6. The number of hydrogen-bond donors (Lipinski definition) is 0. The van der Waals surface area contributed by atoms with Crippen molar-refractivity contribution >= 4 is 48.2 Å². The fourth-order valence-electron chi connectivity index (χ4n) is 5.18. The topological polar surface area (TPSA) is 0 Å². The second-order valence-corrected chi connectivity index (χ2v) is 11.0. The molecule has 0 fully saturated rings. The van der Waals surface area contributed by atoms with Gasteiger partial charge >= 0.3 is 0 Å². The van der Waals surface area contributed by atoms with E-state index in [1.807, 2.05) is 0 Å². The molecule has 0 heterocycles. The third-order valence-electron chi connectivity index (χ3n) is 6.33. The second-order valence-electron chi connectivity index (χ2n) is 9.23. The van der Waals surface area contributed by atoms with E-state index in [0.717, 1.165) is 4.47 Å². The van der Waals surface area contributed by atoms with E-state index in [9.17, 15) is 0 Å². The average molecular weight is 520 g/mol. The van der Waals surface area contributed by atoms with Crippen molar-refractivity contribution in [3.05, 3.63) is 110 Å². The maximum absolute atomic E-state index is 3.76. The van der Waals surface area contributed by atoms with Crippen LogP contribution >= 0.6 is 31.9 Å². The van der Waals surface area contributed by atoms with E-state index in [1.165, 1.54) is 43.1 Å². The highest BCUT2D eigenvalue weighted by Gasteiger charge is 2.39. The van der Waals surface area contributed by atoms with Gasteiger partial charge in [0, 0.05) is 20.8 Å². The molecule has 5 rings (SSSR count). The number of rotatable bonds is 1. The molecule has 0 saturated carbocycles. The highest BCUT2D eigenvalue weighted by molar-refractivity contribution is 9.12. The molecule has 0 spiro atoms. The first kappa shape index (κ1) is 20.0. The fraction of sp³-hybridized carbons (Fsp3) is 0.214. The van der Waals surface area contributed by atoms with Gasteiger partial charge in [0.15, 0.2) is 0 Å². The molecule has 0 amide bonds. The van der Waals surface area contributed by atoms with Crippen molar-refractivity contribution in [2.75, 3.05) is 0 Å². The van der Waals surface area contributed by atoms with Gasteiger partial charge in [-0.1, -0.05) is 125 Å². The first-order valence-electron chi connectivity index (χ1n) is 10.4. The lowest BCUT2D eigenvalue weighted by Crippen LogP contribution is -2.28. The predicted molar refractivity (Wildman–Crippen MR) is 136 cm³/mol. The van der Waals surface area contributed by atoms with Crippen LogP contribution in [0.4, 0.5) is 0 Å². The molecule has 3 aromatic carbocycles. The zero-order valence-electron chi connectivity index (χ0n) is 17.4. The van der Waals surface area contributed by atoms with Gasteiger partial charge < -0.3 is 0 Å². The molecule has 150 valence electrons. The monoisotopic (exact) mass is 518 g/mol. The Labute approximate surface area is 195 Å². The van der Waals surface area contributed by atoms with Gasteiger partial charge in [0.2, 0.25) is 0 Å². The van der Waals surface area contributed by atoms with Crippen molar-refractivity contribution in [1.29, 1.82) is 0 Å². The summed E-state index contributed by atoms with van der Waals surface area (Å²) >= 11 is 7.49.